The molecule has 6 nitrogen and oxygen atoms in total. The fourth-order valence-corrected chi connectivity index (χ4v) is 2.44. The highest BCUT2D eigenvalue weighted by Gasteiger charge is 2.12. The molecule has 114 valence electrons. The summed E-state index contributed by atoms with van der Waals surface area (Å²) in [5.41, 5.74) is 1.98. The molecule has 0 aromatic carbocycles. The number of hydrogen-bond acceptors (Lipinski definition) is 3. The van der Waals surface area contributed by atoms with Crippen LogP contribution in [-0.4, -0.2) is 37.4 Å². The van der Waals surface area contributed by atoms with Crippen LogP contribution in [-0.2, 0) is 24.4 Å². The number of rotatable bonds is 6. The third-order valence-corrected chi connectivity index (χ3v) is 4.15. The summed E-state index contributed by atoms with van der Waals surface area (Å²) in [7, 11) is 1.82. The van der Waals surface area contributed by atoms with Crippen LogP contribution in [0, 0.1) is 6.92 Å². The average Bonchev–Trinajstić information content (AvgIpc) is 3.03. The van der Waals surface area contributed by atoms with E-state index in [1.807, 2.05) is 37.8 Å². The zero-order chi connectivity index (χ0) is 15.4. The van der Waals surface area contributed by atoms with Crippen LogP contribution in [0.1, 0.15) is 24.7 Å². The number of carbonyl (C=O) groups is 1. The molecule has 0 radical (unpaired) electrons. The first-order chi connectivity index (χ1) is 10.0. The van der Waals surface area contributed by atoms with Crippen LogP contribution < -0.4 is 0 Å². The molecule has 0 aliphatic heterocycles. The van der Waals surface area contributed by atoms with Gasteiger partial charge in [0.2, 0.25) is 5.91 Å². The van der Waals surface area contributed by atoms with Crippen molar-refractivity contribution in [3.63, 3.8) is 0 Å². The molecule has 2 aromatic heterocycles. The van der Waals surface area contributed by atoms with Crippen molar-refractivity contribution >= 4 is 21.8 Å². The fourth-order valence-electron chi connectivity index (χ4n) is 2.12. The first-order valence-corrected chi connectivity index (χ1v) is 7.74. The minimum Gasteiger partial charge on any atom is -0.340 e. The van der Waals surface area contributed by atoms with Gasteiger partial charge in [0.1, 0.15) is 0 Å². The van der Waals surface area contributed by atoms with Gasteiger partial charge in [-0.2, -0.15) is 10.2 Å². The van der Waals surface area contributed by atoms with Gasteiger partial charge in [-0.1, -0.05) is 0 Å². The molecular weight excluding hydrogens is 334 g/mol. The molecule has 2 aromatic rings. The minimum absolute atomic E-state index is 0.100. The third-order valence-electron chi connectivity index (χ3n) is 3.37. The van der Waals surface area contributed by atoms with Crippen LogP contribution in [0.25, 0.3) is 0 Å². The molecule has 0 saturated heterocycles. The highest BCUT2D eigenvalue weighted by molar-refractivity contribution is 9.10. The zero-order valence-electron chi connectivity index (χ0n) is 12.6. The SMILES string of the molecule is CCn1nccc1CN(C)C(=O)CCn1cc(Br)c(C)n1. The molecule has 0 aliphatic carbocycles. The largest absolute Gasteiger partial charge is 0.340 e. The van der Waals surface area contributed by atoms with Crippen LogP contribution in [0.5, 0.6) is 0 Å². The van der Waals surface area contributed by atoms with Crippen molar-refractivity contribution in [1.29, 1.82) is 0 Å². The monoisotopic (exact) mass is 353 g/mol. The second-order valence-corrected chi connectivity index (χ2v) is 5.82. The van der Waals surface area contributed by atoms with Gasteiger partial charge in [-0.25, -0.2) is 0 Å². The van der Waals surface area contributed by atoms with Gasteiger partial charge < -0.3 is 4.90 Å². The molecule has 2 heterocycles. The standard InChI is InChI=1S/C14H20BrN5O/c1-4-20-12(5-7-16-20)9-18(3)14(21)6-8-19-10-13(15)11(2)17-19/h5,7,10H,4,6,8-9H2,1-3H3. The van der Waals surface area contributed by atoms with Crippen molar-refractivity contribution < 1.29 is 4.79 Å². The lowest BCUT2D eigenvalue weighted by Crippen LogP contribution is -2.28. The number of carbonyl (C=O) groups excluding carboxylic acids is 1. The molecule has 0 saturated carbocycles. The van der Waals surface area contributed by atoms with Crippen LogP contribution in [0.4, 0.5) is 0 Å². The average molecular weight is 354 g/mol. The van der Waals surface area contributed by atoms with E-state index in [1.165, 1.54) is 0 Å². The number of aromatic nitrogens is 4. The van der Waals surface area contributed by atoms with E-state index >= 15 is 0 Å². The number of nitrogens with zero attached hydrogens (tertiary/aromatic N) is 5. The molecule has 7 heteroatoms. The van der Waals surface area contributed by atoms with Crippen LogP contribution >= 0.6 is 15.9 Å². The molecule has 0 aliphatic rings. The van der Waals surface area contributed by atoms with Crippen molar-refractivity contribution in [3.8, 4) is 0 Å². The number of halogens is 1. The van der Waals surface area contributed by atoms with Crippen molar-refractivity contribution in [2.45, 2.75) is 39.9 Å². The second kappa shape index (κ2) is 6.89. The Balaban J connectivity index is 1.88. The van der Waals surface area contributed by atoms with E-state index in [2.05, 4.69) is 26.1 Å². The Labute approximate surface area is 132 Å². The normalized spacial score (nSPS) is 10.9. The van der Waals surface area contributed by atoms with Gasteiger partial charge in [-0.3, -0.25) is 14.2 Å². The first-order valence-electron chi connectivity index (χ1n) is 6.95. The summed E-state index contributed by atoms with van der Waals surface area (Å²) >= 11 is 3.42. The Morgan fingerprint density at radius 3 is 2.86 bits per heavy atom. The summed E-state index contributed by atoms with van der Waals surface area (Å²) < 4.78 is 4.66. The predicted molar refractivity (Wildman–Crippen MR) is 83.7 cm³/mol. The number of hydrogen-bond donors (Lipinski definition) is 0. The molecule has 1 amide bonds. The first kappa shape index (κ1) is 15.8. The van der Waals surface area contributed by atoms with Gasteiger partial charge in [0.15, 0.2) is 0 Å². The summed E-state index contributed by atoms with van der Waals surface area (Å²) in [6, 6.07) is 1.95. The van der Waals surface area contributed by atoms with Crippen molar-refractivity contribution in [3.05, 3.63) is 34.3 Å². The van der Waals surface area contributed by atoms with E-state index in [1.54, 1.807) is 15.8 Å². The molecule has 0 unspecified atom stereocenters. The lowest BCUT2D eigenvalue weighted by molar-refractivity contribution is -0.130. The quantitative estimate of drug-likeness (QED) is 0.799. The maximum atomic E-state index is 12.2. The van der Waals surface area contributed by atoms with E-state index in [9.17, 15) is 4.79 Å². The topological polar surface area (TPSA) is 56.0 Å². The lowest BCUT2D eigenvalue weighted by Gasteiger charge is -2.17. The van der Waals surface area contributed by atoms with Gasteiger partial charge in [0.05, 0.1) is 22.4 Å². The highest BCUT2D eigenvalue weighted by atomic mass is 79.9. The van der Waals surface area contributed by atoms with E-state index in [0.717, 1.165) is 22.4 Å². The number of amides is 1. The Bertz CT molecular complexity index is 599. The Morgan fingerprint density at radius 1 is 1.48 bits per heavy atom. The van der Waals surface area contributed by atoms with Crippen LogP contribution in [0.15, 0.2) is 22.9 Å². The summed E-state index contributed by atoms with van der Waals surface area (Å²) in [6.07, 6.45) is 4.10. The van der Waals surface area contributed by atoms with Crippen LogP contribution in [0.2, 0.25) is 0 Å². The highest BCUT2D eigenvalue weighted by Crippen LogP contribution is 2.13. The maximum absolute atomic E-state index is 12.2. The van der Waals surface area contributed by atoms with Crippen molar-refractivity contribution in [2.24, 2.45) is 0 Å². The van der Waals surface area contributed by atoms with E-state index in [-0.39, 0.29) is 5.91 Å². The van der Waals surface area contributed by atoms with Crippen molar-refractivity contribution in [1.82, 2.24) is 24.5 Å². The summed E-state index contributed by atoms with van der Waals surface area (Å²) in [5, 5.41) is 8.54. The smallest absolute Gasteiger partial charge is 0.224 e. The predicted octanol–water partition coefficient (Wildman–Crippen LogP) is 2.22. The molecular formula is C14H20BrN5O. The molecule has 2 rings (SSSR count). The summed E-state index contributed by atoms with van der Waals surface area (Å²) in [6.45, 7) is 5.94. The molecule has 0 spiro atoms. The minimum atomic E-state index is 0.100. The van der Waals surface area contributed by atoms with Gasteiger partial charge >= 0.3 is 0 Å². The maximum Gasteiger partial charge on any atom is 0.224 e. The Morgan fingerprint density at radius 2 is 2.24 bits per heavy atom. The molecule has 0 bridgehead atoms. The molecule has 0 atom stereocenters. The Hall–Kier alpha value is -1.63. The van der Waals surface area contributed by atoms with Gasteiger partial charge in [-0.05, 0) is 35.8 Å². The van der Waals surface area contributed by atoms with Gasteiger partial charge in [-0.15, -0.1) is 0 Å². The van der Waals surface area contributed by atoms with E-state index in [4.69, 9.17) is 0 Å². The van der Waals surface area contributed by atoms with E-state index < -0.39 is 0 Å². The van der Waals surface area contributed by atoms with Gasteiger partial charge in [0, 0.05) is 39.0 Å². The fraction of sp³-hybridized carbons (Fsp3) is 0.500. The molecule has 0 fully saturated rings. The van der Waals surface area contributed by atoms with Crippen LogP contribution in [0.3, 0.4) is 0 Å². The summed E-state index contributed by atoms with van der Waals surface area (Å²) in [5.74, 6) is 0.100. The van der Waals surface area contributed by atoms with E-state index in [0.29, 0.717) is 19.5 Å². The lowest BCUT2D eigenvalue weighted by atomic mass is 10.3. The zero-order valence-corrected chi connectivity index (χ0v) is 14.2. The third kappa shape index (κ3) is 3.93. The number of aryl methyl sites for hydroxylation is 3. The Kier molecular flexibility index (Phi) is 5.17. The molecule has 21 heavy (non-hydrogen) atoms. The van der Waals surface area contributed by atoms with Crippen molar-refractivity contribution in [2.75, 3.05) is 7.05 Å². The second-order valence-electron chi connectivity index (χ2n) is 4.96. The van der Waals surface area contributed by atoms with Gasteiger partial charge in [0.25, 0.3) is 0 Å². The summed E-state index contributed by atoms with van der Waals surface area (Å²) in [4.78, 5) is 13.9. The molecule has 0 N–H and O–H groups in total.